The molecule has 1 aliphatic heterocycles. The van der Waals surface area contributed by atoms with Crippen LogP contribution < -0.4 is 4.72 Å². The van der Waals surface area contributed by atoms with Gasteiger partial charge in [0.2, 0.25) is 6.41 Å². The minimum absolute atomic E-state index is 0.0464. The summed E-state index contributed by atoms with van der Waals surface area (Å²) in [7, 11) is 0. The number of carbonyl (C=O) groups is 1. The minimum Gasteiger partial charge on any atom is -0.334 e. The summed E-state index contributed by atoms with van der Waals surface area (Å²) in [5, 5.41) is 0. The number of aryl methyl sites for hydroxylation is 2. The summed E-state index contributed by atoms with van der Waals surface area (Å²) < 4.78 is 45.7. The maximum atomic E-state index is 15.2. The molecule has 0 radical (unpaired) electrons. The van der Waals surface area contributed by atoms with E-state index in [1.165, 1.54) is 5.92 Å². The highest BCUT2D eigenvalue weighted by Gasteiger charge is 2.65. The van der Waals surface area contributed by atoms with Gasteiger partial charge in [-0.25, -0.2) is 13.2 Å². The minimum atomic E-state index is -3.14. The third-order valence-corrected chi connectivity index (χ3v) is 7.20. The van der Waals surface area contributed by atoms with Gasteiger partial charge in [0.25, 0.3) is 5.92 Å². The van der Waals surface area contributed by atoms with Crippen molar-refractivity contribution in [3.63, 3.8) is 0 Å². The molecule has 1 N–H and O–H groups in total. The molecule has 3 fully saturated rings. The fourth-order valence-electron chi connectivity index (χ4n) is 4.59. The molecule has 4 nitrogen and oxygen atoms in total. The molecule has 34 heavy (non-hydrogen) atoms. The second-order valence-corrected chi connectivity index (χ2v) is 9.85. The van der Waals surface area contributed by atoms with Crippen LogP contribution >= 0.6 is 12.8 Å². The predicted molar refractivity (Wildman–Crippen MR) is 132 cm³/mol. The molecule has 186 valence electrons. The quantitative estimate of drug-likeness (QED) is 0.411. The predicted octanol–water partition coefficient (Wildman–Crippen LogP) is 5.77. The van der Waals surface area contributed by atoms with E-state index >= 15 is 4.39 Å². The zero-order valence-electron chi connectivity index (χ0n) is 20.4. The van der Waals surface area contributed by atoms with Crippen LogP contribution in [0.15, 0.2) is 30.3 Å². The number of nitrogens with zero attached hydrogens (tertiary/aromatic N) is 2. The number of nitrogens with one attached hydrogen (secondary N) is 1. The van der Waals surface area contributed by atoms with E-state index in [1.807, 2.05) is 27.7 Å². The topological polar surface area (TPSA) is 45.2 Å². The average Bonchev–Trinajstić information content (AvgIpc) is 3.59. The number of hydrogen-bond donors (Lipinski definition) is 2. The van der Waals surface area contributed by atoms with Crippen molar-refractivity contribution in [1.29, 1.82) is 0 Å². The normalized spacial score (nSPS) is 27.6. The summed E-state index contributed by atoms with van der Waals surface area (Å²) in [5.74, 6) is -2.43. The number of rotatable bonds is 5. The molecular weight excluding hydrogens is 459 g/mol. The van der Waals surface area contributed by atoms with E-state index in [2.05, 4.69) is 29.4 Å². The van der Waals surface area contributed by atoms with Crippen molar-refractivity contribution < 1.29 is 18.0 Å². The van der Waals surface area contributed by atoms with Gasteiger partial charge in [0.15, 0.2) is 0 Å². The van der Waals surface area contributed by atoms with Gasteiger partial charge in [-0.2, -0.15) is 0 Å². The van der Waals surface area contributed by atoms with Crippen LogP contribution in [-0.4, -0.2) is 40.8 Å². The molecule has 2 heterocycles. The fraction of sp³-hybridized carbons (Fsp3) is 0.538. The Morgan fingerprint density at radius 3 is 2.24 bits per heavy atom. The van der Waals surface area contributed by atoms with Crippen molar-refractivity contribution in [2.45, 2.75) is 71.9 Å². The molecule has 5 rings (SSSR count). The van der Waals surface area contributed by atoms with Crippen LogP contribution in [0.2, 0.25) is 0 Å². The van der Waals surface area contributed by atoms with E-state index in [1.54, 1.807) is 43.2 Å². The summed E-state index contributed by atoms with van der Waals surface area (Å²) in [6.07, 6.45) is 3.43. The average molecular weight is 494 g/mol. The van der Waals surface area contributed by atoms with E-state index in [-0.39, 0.29) is 12.0 Å². The van der Waals surface area contributed by atoms with E-state index in [4.69, 9.17) is 0 Å². The van der Waals surface area contributed by atoms with Crippen molar-refractivity contribution in [2.24, 2.45) is 11.3 Å². The van der Waals surface area contributed by atoms with Gasteiger partial charge in [-0.05, 0) is 67.7 Å². The second-order valence-electron chi connectivity index (χ2n) is 9.59. The van der Waals surface area contributed by atoms with Crippen LogP contribution in [-0.2, 0) is 11.2 Å². The fourth-order valence-corrected chi connectivity index (χ4v) is 4.95. The number of likely N-dealkylation sites (tertiary alicyclic amines) is 1. The van der Waals surface area contributed by atoms with Gasteiger partial charge in [0, 0.05) is 17.0 Å². The SMILES string of the molecule is CC.CC12CC1C2.Cc1cc(-c2cccc(CC3C(NS)C(F)(F)CN3C=O)c2F)cc(C)n1. The smallest absolute Gasteiger partial charge is 0.283 e. The van der Waals surface area contributed by atoms with Crippen LogP contribution in [0.1, 0.15) is 50.6 Å². The van der Waals surface area contributed by atoms with Crippen LogP contribution in [0.25, 0.3) is 11.1 Å². The molecule has 2 atom stereocenters. The molecule has 3 aliphatic rings. The number of fused-ring (bicyclic) bond motifs is 1. The number of thiol groups is 1. The van der Waals surface area contributed by atoms with Gasteiger partial charge in [0.05, 0.1) is 12.6 Å². The highest BCUT2D eigenvalue weighted by molar-refractivity contribution is 7.78. The molecule has 2 saturated carbocycles. The van der Waals surface area contributed by atoms with Gasteiger partial charge in [0.1, 0.15) is 11.9 Å². The van der Waals surface area contributed by atoms with Gasteiger partial charge in [-0.1, -0.05) is 51.8 Å². The van der Waals surface area contributed by atoms with Gasteiger partial charge in [-0.3, -0.25) is 14.5 Å². The van der Waals surface area contributed by atoms with Crippen molar-refractivity contribution in [2.75, 3.05) is 6.54 Å². The molecule has 1 aromatic heterocycles. The summed E-state index contributed by atoms with van der Waals surface area (Å²) in [6.45, 7) is 9.30. The Morgan fingerprint density at radius 1 is 1.21 bits per heavy atom. The Balaban J connectivity index is 0.000000394. The van der Waals surface area contributed by atoms with Crippen LogP contribution in [0.3, 0.4) is 0 Å². The molecule has 2 aromatic rings. The van der Waals surface area contributed by atoms with Gasteiger partial charge < -0.3 is 4.90 Å². The molecule has 2 aliphatic carbocycles. The van der Waals surface area contributed by atoms with Crippen LogP contribution in [0, 0.1) is 31.0 Å². The van der Waals surface area contributed by atoms with Crippen LogP contribution in [0.5, 0.6) is 0 Å². The van der Waals surface area contributed by atoms with Crippen LogP contribution in [0.4, 0.5) is 13.2 Å². The molecule has 8 heteroatoms. The van der Waals surface area contributed by atoms with E-state index < -0.39 is 30.4 Å². The lowest BCUT2D eigenvalue weighted by Crippen LogP contribution is -2.46. The maximum absolute atomic E-state index is 15.2. The third-order valence-electron chi connectivity index (χ3n) is 6.92. The van der Waals surface area contributed by atoms with E-state index in [0.717, 1.165) is 21.7 Å². The first-order chi connectivity index (χ1) is 16.1. The largest absolute Gasteiger partial charge is 0.334 e. The summed E-state index contributed by atoms with van der Waals surface area (Å²) >= 11 is 3.79. The number of aromatic nitrogens is 1. The van der Waals surface area contributed by atoms with Gasteiger partial charge >= 0.3 is 0 Å². The Hall–Kier alpha value is -2.06. The zero-order valence-corrected chi connectivity index (χ0v) is 21.3. The van der Waals surface area contributed by atoms with Crippen molar-refractivity contribution in [3.05, 3.63) is 53.1 Å². The number of pyridine rings is 1. The first kappa shape index (κ1) is 26.5. The molecule has 1 aromatic carbocycles. The molecule has 0 spiro atoms. The Kier molecular flexibility index (Phi) is 8.03. The maximum Gasteiger partial charge on any atom is 0.283 e. The number of carbonyl (C=O) groups excluding carboxylic acids is 1. The summed E-state index contributed by atoms with van der Waals surface area (Å²) in [4.78, 5) is 16.5. The molecule has 1 amide bonds. The highest BCUT2D eigenvalue weighted by atomic mass is 32.1. The second kappa shape index (κ2) is 10.3. The lowest BCUT2D eigenvalue weighted by Gasteiger charge is -2.25. The highest BCUT2D eigenvalue weighted by Crippen LogP contribution is 2.74. The van der Waals surface area contributed by atoms with Crippen molar-refractivity contribution in [1.82, 2.24) is 14.6 Å². The zero-order chi connectivity index (χ0) is 25.3. The first-order valence-electron chi connectivity index (χ1n) is 11.8. The lowest BCUT2D eigenvalue weighted by molar-refractivity contribution is -0.120. The third kappa shape index (κ3) is 5.60. The number of alkyl halides is 2. The number of benzene rings is 1. The standard InChI is InChI=1S/C19H20F3N3OS.C5H8.C2H6/c1-11-6-14(7-12(2)23-11)15-5-3-4-13(17(15)20)8-16-18(24-27)19(21,22)9-25(16)10-26;1-5-2-4(5)3-5;1-2/h3-7,10,16,18,24,27H,8-9H2,1-2H3;4H,2-3H2,1H3;1-2H3. The lowest BCUT2D eigenvalue weighted by atomic mass is 9.95. The molecule has 2 unspecified atom stereocenters. The Bertz CT molecular complexity index is 1010. The first-order valence-corrected chi connectivity index (χ1v) is 12.2. The van der Waals surface area contributed by atoms with Crippen molar-refractivity contribution in [3.8, 4) is 11.1 Å². The number of hydrogen-bond acceptors (Lipinski definition) is 4. The summed E-state index contributed by atoms with van der Waals surface area (Å²) in [6, 6.07) is 6.15. The van der Waals surface area contributed by atoms with E-state index in [9.17, 15) is 13.6 Å². The molecular formula is C26H34F3N3OS. The number of halogens is 3. The molecule has 1 saturated heterocycles. The monoisotopic (exact) mass is 493 g/mol. The summed E-state index contributed by atoms with van der Waals surface area (Å²) in [5.41, 5.74) is 3.75. The van der Waals surface area contributed by atoms with Crippen molar-refractivity contribution >= 4 is 19.2 Å². The van der Waals surface area contributed by atoms with Gasteiger partial charge in [-0.15, -0.1) is 0 Å². The van der Waals surface area contributed by atoms with E-state index in [0.29, 0.717) is 17.5 Å². The number of amides is 1. The Labute approximate surface area is 205 Å². The molecule has 0 bridgehead atoms. The Morgan fingerprint density at radius 2 is 1.76 bits per heavy atom.